The molecule has 0 saturated heterocycles. The van der Waals surface area contributed by atoms with E-state index in [9.17, 15) is 8.42 Å². The van der Waals surface area contributed by atoms with E-state index >= 15 is 0 Å². The van der Waals surface area contributed by atoms with Gasteiger partial charge in [-0.25, -0.2) is 8.42 Å². The fourth-order valence-electron chi connectivity index (χ4n) is 2.03. The third-order valence-electron chi connectivity index (χ3n) is 3.35. The SMILES string of the molecule is CC(C)c1ccc(S(=O)(=O)Nc2ccc(CC#N)cc2)cc1. The molecule has 2 aromatic carbocycles. The van der Waals surface area contributed by atoms with Crippen LogP contribution < -0.4 is 4.72 Å². The van der Waals surface area contributed by atoms with Gasteiger partial charge in [0.15, 0.2) is 0 Å². The van der Waals surface area contributed by atoms with E-state index in [1.807, 2.05) is 12.1 Å². The molecule has 0 amide bonds. The van der Waals surface area contributed by atoms with Gasteiger partial charge in [0.1, 0.15) is 0 Å². The lowest BCUT2D eigenvalue weighted by Crippen LogP contribution is -2.13. The molecule has 0 aliphatic carbocycles. The van der Waals surface area contributed by atoms with Crippen molar-refractivity contribution >= 4 is 15.7 Å². The average Bonchev–Trinajstić information content (AvgIpc) is 2.49. The molecule has 0 bridgehead atoms. The Hall–Kier alpha value is -2.32. The van der Waals surface area contributed by atoms with Crippen molar-refractivity contribution in [1.29, 1.82) is 5.26 Å². The Labute approximate surface area is 131 Å². The van der Waals surface area contributed by atoms with Gasteiger partial charge in [-0.1, -0.05) is 38.1 Å². The normalized spacial score (nSPS) is 11.2. The van der Waals surface area contributed by atoms with E-state index in [0.29, 0.717) is 18.0 Å². The van der Waals surface area contributed by atoms with Gasteiger partial charge in [-0.2, -0.15) is 5.26 Å². The van der Waals surface area contributed by atoms with E-state index in [1.165, 1.54) is 0 Å². The second-order valence-corrected chi connectivity index (χ2v) is 7.04. The number of nitriles is 1. The molecule has 0 spiro atoms. The van der Waals surface area contributed by atoms with Crippen LogP contribution in [0.5, 0.6) is 0 Å². The zero-order valence-electron chi connectivity index (χ0n) is 12.6. The van der Waals surface area contributed by atoms with Crippen LogP contribution in [0, 0.1) is 11.3 Å². The lowest BCUT2D eigenvalue weighted by atomic mass is 10.0. The molecule has 0 fully saturated rings. The van der Waals surface area contributed by atoms with Crippen LogP contribution in [0.15, 0.2) is 53.4 Å². The van der Waals surface area contributed by atoms with Crippen molar-refractivity contribution in [2.75, 3.05) is 4.72 Å². The Balaban J connectivity index is 2.18. The van der Waals surface area contributed by atoms with Crippen molar-refractivity contribution in [3.63, 3.8) is 0 Å². The molecule has 5 heteroatoms. The zero-order valence-corrected chi connectivity index (χ0v) is 13.4. The molecule has 0 radical (unpaired) electrons. The van der Waals surface area contributed by atoms with Crippen molar-refractivity contribution in [2.45, 2.75) is 31.1 Å². The zero-order chi connectivity index (χ0) is 16.2. The first kappa shape index (κ1) is 16.1. The highest BCUT2D eigenvalue weighted by Gasteiger charge is 2.14. The van der Waals surface area contributed by atoms with E-state index in [-0.39, 0.29) is 4.90 Å². The van der Waals surface area contributed by atoms with Crippen LogP contribution in [0.25, 0.3) is 0 Å². The smallest absolute Gasteiger partial charge is 0.261 e. The predicted octanol–water partition coefficient (Wildman–Crippen LogP) is 3.68. The van der Waals surface area contributed by atoms with E-state index in [1.54, 1.807) is 36.4 Å². The van der Waals surface area contributed by atoms with Gasteiger partial charge in [-0.3, -0.25) is 4.72 Å². The molecule has 0 saturated carbocycles. The standard InChI is InChI=1S/C17H18N2O2S/c1-13(2)15-5-9-17(10-6-15)22(20,21)19-16-7-3-14(4-8-16)11-12-18/h3-10,13,19H,11H2,1-2H3. The summed E-state index contributed by atoms with van der Waals surface area (Å²) < 4.78 is 27.2. The number of nitrogens with zero attached hydrogens (tertiary/aromatic N) is 1. The van der Waals surface area contributed by atoms with E-state index < -0.39 is 10.0 Å². The highest BCUT2D eigenvalue weighted by Crippen LogP contribution is 2.20. The third kappa shape index (κ3) is 3.86. The fourth-order valence-corrected chi connectivity index (χ4v) is 3.09. The largest absolute Gasteiger partial charge is 0.280 e. The first-order chi connectivity index (χ1) is 10.4. The molecule has 1 N–H and O–H groups in total. The summed E-state index contributed by atoms with van der Waals surface area (Å²) in [5, 5.41) is 8.62. The van der Waals surface area contributed by atoms with Gasteiger partial charge in [0.05, 0.1) is 17.4 Å². The number of rotatable bonds is 5. The van der Waals surface area contributed by atoms with Crippen LogP contribution in [0.4, 0.5) is 5.69 Å². The van der Waals surface area contributed by atoms with Gasteiger partial charge < -0.3 is 0 Å². The Kier molecular flexibility index (Phi) is 4.84. The maximum Gasteiger partial charge on any atom is 0.261 e. The summed E-state index contributed by atoms with van der Waals surface area (Å²) in [6.07, 6.45) is 0.309. The number of hydrogen-bond acceptors (Lipinski definition) is 3. The quantitative estimate of drug-likeness (QED) is 0.915. The third-order valence-corrected chi connectivity index (χ3v) is 4.74. The van der Waals surface area contributed by atoms with Crippen molar-refractivity contribution in [2.24, 2.45) is 0 Å². The van der Waals surface area contributed by atoms with Gasteiger partial charge in [0, 0.05) is 5.69 Å². The number of anilines is 1. The van der Waals surface area contributed by atoms with E-state index in [2.05, 4.69) is 24.6 Å². The molecule has 22 heavy (non-hydrogen) atoms. The first-order valence-electron chi connectivity index (χ1n) is 7.01. The lowest BCUT2D eigenvalue weighted by molar-refractivity contribution is 0.601. The minimum Gasteiger partial charge on any atom is -0.280 e. The summed E-state index contributed by atoms with van der Waals surface area (Å²) in [4.78, 5) is 0.234. The molecule has 114 valence electrons. The molecule has 0 heterocycles. The second-order valence-electron chi connectivity index (χ2n) is 5.36. The minimum atomic E-state index is -3.60. The van der Waals surface area contributed by atoms with Crippen LogP contribution in [-0.4, -0.2) is 8.42 Å². The summed E-state index contributed by atoms with van der Waals surface area (Å²) in [7, 11) is -3.60. The molecule has 2 rings (SSSR count). The fraction of sp³-hybridized carbons (Fsp3) is 0.235. The highest BCUT2D eigenvalue weighted by atomic mass is 32.2. The summed E-state index contributed by atoms with van der Waals surface area (Å²) in [5.41, 5.74) is 2.43. The van der Waals surface area contributed by atoms with Gasteiger partial charge in [-0.05, 0) is 41.3 Å². The summed E-state index contributed by atoms with van der Waals surface area (Å²) in [6, 6.07) is 15.7. The molecule has 0 aliphatic rings. The monoisotopic (exact) mass is 314 g/mol. The average molecular weight is 314 g/mol. The Bertz CT molecular complexity index is 771. The Morgan fingerprint density at radius 1 is 1.05 bits per heavy atom. The van der Waals surface area contributed by atoms with Crippen molar-refractivity contribution < 1.29 is 8.42 Å². The lowest BCUT2D eigenvalue weighted by Gasteiger charge is -2.10. The molecule has 0 atom stereocenters. The topological polar surface area (TPSA) is 70.0 Å². The number of hydrogen-bond donors (Lipinski definition) is 1. The van der Waals surface area contributed by atoms with Crippen molar-refractivity contribution in [3.05, 3.63) is 59.7 Å². The summed E-state index contributed by atoms with van der Waals surface area (Å²) in [5.74, 6) is 0.359. The second kappa shape index (κ2) is 6.63. The van der Waals surface area contributed by atoms with Gasteiger partial charge in [-0.15, -0.1) is 0 Å². The van der Waals surface area contributed by atoms with Crippen LogP contribution in [0.3, 0.4) is 0 Å². The number of sulfonamides is 1. The summed E-state index contributed by atoms with van der Waals surface area (Å²) >= 11 is 0. The van der Waals surface area contributed by atoms with Crippen molar-refractivity contribution in [1.82, 2.24) is 0 Å². The Morgan fingerprint density at radius 3 is 2.14 bits per heavy atom. The number of benzene rings is 2. The predicted molar refractivity (Wildman–Crippen MR) is 87.1 cm³/mol. The molecular formula is C17H18N2O2S. The van der Waals surface area contributed by atoms with Gasteiger partial charge in [0.25, 0.3) is 10.0 Å². The van der Waals surface area contributed by atoms with Crippen LogP contribution in [0.1, 0.15) is 30.9 Å². The minimum absolute atomic E-state index is 0.234. The van der Waals surface area contributed by atoms with Crippen LogP contribution in [0.2, 0.25) is 0 Å². The molecule has 2 aromatic rings. The molecule has 0 aromatic heterocycles. The van der Waals surface area contributed by atoms with Crippen LogP contribution in [-0.2, 0) is 16.4 Å². The highest BCUT2D eigenvalue weighted by molar-refractivity contribution is 7.92. The number of nitrogens with one attached hydrogen (secondary N) is 1. The van der Waals surface area contributed by atoms with Gasteiger partial charge in [0.2, 0.25) is 0 Å². The first-order valence-corrected chi connectivity index (χ1v) is 8.49. The van der Waals surface area contributed by atoms with Crippen LogP contribution >= 0.6 is 0 Å². The Morgan fingerprint density at radius 2 is 1.64 bits per heavy atom. The maximum atomic E-state index is 12.3. The maximum absolute atomic E-state index is 12.3. The van der Waals surface area contributed by atoms with Crippen molar-refractivity contribution in [3.8, 4) is 6.07 Å². The van der Waals surface area contributed by atoms with Gasteiger partial charge >= 0.3 is 0 Å². The van der Waals surface area contributed by atoms with E-state index in [4.69, 9.17) is 5.26 Å². The van der Waals surface area contributed by atoms with E-state index in [0.717, 1.165) is 11.1 Å². The molecule has 4 nitrogen and oxygen atoms in total. The molecule has 0 aliphatic heterocycles. The molecular weight excluding hydrogens is 296 g/mol. The molecule has 0 unspecified atom stereocenters. The summed E-state index contributed by atoms with van der Waals surface area (Å²) in [6.45, 7) is 4.12.